The largest absolute Gasteiger partial charge is 0.465 e. The summed E-state index contributed by atoms with van der Waals surface area (Å²) < 4.78 is 4.69. The van der Waals surface area contributed by atoms with E-state index in [2.05, 4.69) is 4.74 Å². The predicted molar refractivity (Wildman–Crippen MR) is 61.0 cm³/mol. The van der Waals surface area contributed by atoms with Crippen LogP contribution in [0.5, 0.6) is 0 Å². The maximum Gasteiger partial charge on any atom is 0.338 e. The molecule has 0 unspecified atom stereocenters. The Bertz CT molecular complexity index is 325. The number of methoxy groups -OCH3 is 1. The Morgan fingerprint density at radius 1 is 1.47 bits per heavy atom. The molecule has 0 saturated heterocycles. The van der Waals surface area contributed by atoms with E-state index in [0.29, 0.717) is 17.1 Å². The van der Waals surface area contributed by atoms with Gasteiger partial charge < -0.3 is 9.84 Å². The Balaban J connectivity index is 2.73. The predicted octanol–water partition coefficient (Wildman–Crippen LogP) is 1.70. The van der Waals surface area contributed by atoms with Gasteiger partial charge >= 0.3 is 5.97 Å². The lowest BCUT2D eigenvalue weighted by molar-refractivity contribution is 0.0600. The summed E-state index contributed by atoms with van der Waals surface area (Å²) in [5.41, 5.74) is 1.55. The van der Waals surface area contributed by atoms with Crippen molar-refractivity contribution in [1.29, 1.82) is 0 Å². The number of hydrogen-bond donors (Lipinski definition) is 1. The average molecular weight is 226 g/mol. The lowest BCUT2D eigenvalue weighted by Crippen LogP contribution is -2.05. The van der Waals surface area contributed by atoms with Crippen molar-refractivity contribution >= 4 is 17.7 Å². The van der Waals surface area contributed by atoms with Crippen LogP contribution in [0.25, 0.3) is 0 Å². The number of aliphatic hydroxyl groups excluding tert-OH is 1. The molecule has 0 aliphatic rings. The van der Waals surface area contributed by atoms with E-state index in [9.17, 15) is 4.79 Å². The van der Waals surface area contributed by atoms with Crippen LogP contribution < -0.4 is 0 Å². The highest BCUT2D eigenvalue weighted by molar-refractivity contribution is 7.98. The third-order valence-electron chi connectivity index (χ3n) is 1.92. The number of thioether (sulfide) groups is 1. The summed E-state index contributed by atoms with van der Waals surface area (Å²) in [6, 6.07) is 7.35. The van der Waals surface area contributed by atoms with E-state index in [4.69, 9.17) is 5.11 Å². The molecule has 0 spiro atoms. The van der Waals surface area contributed by atoms with Gasteiger partial charge in [-0.25, -0.2) is 4.79 Å². The number of carbonyl (C=O) groups is 1. The molecular formula is C11H14O3S. The van der Waals surface area contributed by atoms with Crippen molar-refractivity contribution in [2.24, 2.45) is 0 Å². The van der Waals surface area contributed by atoms with Crippen molar-refractivity contribution < 1.29 is 14.6 Å². The Hall–Kier alpha value is -1.00. The normalized spacial score (nSPS) is 10.0. The zero-order valence-corrected chi connectivity index (χ0v) is 9.42. The zero-order valence-electron chi connectivity index (χ0n) is 8.60. The van der Waals surface area contributed by atoms with Gasteiger partial charge in [-0.05, 0) is 11.6 Å². The molecule has 0 aliphatic carbocycles. The van der Waals surface area contributed by atoms with Crippen molar-refractivity contribution in [1.82, 2.24) is 0 Å². The van der Waals surface area contributed by atoms with Crippen molar-refractivity contribution in [3.05, 3.63) is 35.4 Å². The molecule has 0 saturated carbocycles. The molecule has 0 radical (unpaired) electrons. The first kappa shape index (κ1) is 12.1. The first-order valence-electron chi connectivity index (χ1n) is 4.64. The van der Waals surface area contributed by atoms with Crippen LogP contribution in [0.2, 0.25) is 0 Å². The van der Waals surface area contributed by atoms with E-state index in [1.165, 1.54) is 7.11 Å². The van der Waals surface area contributed by atoms with Crippen LogP contribution >= 0.6 is 11.8 Å². The quantitative estimate of drug-likeness (QED) is 0.613. The molecule has 1 N–H and O–H groups in total. The molecule has 0 bridgehead atoms. The minimum absolute atomic E-state index is 0.158. The highest BCUT2D eigenvalue weighted by Crippen LogP contribution is 2.16. The molecule has 0 heterocycles. The average Bonchev–Trinajstić information content (AvgIpc) is 2.29. The number of esters is 1. The van der Waals surface area contributed by atoms with Crippen molar-refractivity contribution in [2.45, 2.75) is 5.75 Å². The number of benzene rings is 1. The molecule has 1 aromatic carbocycles. The van der Waals surface area contributed by atoms with Gasteiger partial charge in [0.25, 0.3) is 0 Å². The SMILES string of the molecule is COC(=O)c1ccccc1CSCCO. The highest BCUT2D eigenvalue weighted by atomic mass is 32.2. The van der Waals surface area contributed by atoms with E-state index >= 15 is 0 Å². The van der Waals surface area contributed by atoms with E-state index in [-0.39, 0.29) is 12.6 Å². The summed E-state index contributed by atoms with van der Waals surface area (Å²) in [5, 5.41) is 8.66. The first-order chi connectivity index (χ1) is 7.29. The molecule has 0 amide bonds. The lowest BCUT2D eigenvalue weighted by Gasteiger charge is -2.06. The second kappa shape index (κ2) is 6.48. The summed E-state index contributed by atoms with van der Waals surface area (Å²) in [6.45, 7) is 0.158. The van der Waals surface area contributed by atoms with Gasteiger partial charge in [0.2, 0.25) is 0 Å². The first-order valence-corrected chi connectivity index (χ1v) is 5.80. The molecule has 15 heavy (non-hydrogen) atoms. The van der Waals surface area contributed by atoms with Crippen molar-refractivity contribution in [3.63, 3.8) is 0 Å². The topological polar surface area (TPSA) is 46.5 Å². The van der Waals surface area contributed by atoms with Gasteiger partial charge in [-0.15, -0.1) is 0 Å². The third kappa shape index (κ3) is 3.57. The van der Waals surface area contributed by atoms with Crippen LogP contribution in [-0.4, -0.2) is 30.5 Å². The van der Waals surface area contributed by atoms with E-state index in [1.807, 2.05) is 18.2 Å². The Labute approximate surface area is 93.4 Å². The monoisotopic (exact) mass is 226 g/mol. The number of rotatable bonds is 5. The molecule has 0 atom stereocenters. The molecule has 3 nitrogen and oxygen atoms in total. The smallest absolute Gasteiger partial charge is 0.338 e. The number of carbonyl (C=O) groups excluding carboxylic acids is 1. The summed E-state index contributed by atoms with van der Waals surface area (Å²) in [6.07, 6.45) is 0. The second-order valence-electron chi connectivity index (χ2n) is 2.92. The maximum atomic E-state index is 11.4. The van der Waals surface area contributed by atoms with Crippen molar-refractivity contribution in [3.8, 4) is 0 Å². The van der Waals surface area contributed by atoms with Gasteiger partial charge in [-0.1, -0.05) is 18.2 Å². The van der Waals surface area contributed by atoms with Crippen LogP contribution in [-0.2, 0) is 10.5 Å². The van der Waals surface area contributed by atoms with E-state index in [1.54, 1.807) is 17.8 Å². The fourth-order valence-corrected chi connectivity index (χ4v) is 1.95. The van der Waals surface area contributed by atoms with E-state index < -0.39 is 0 Å². The number of hydrogen-bond acceptors (Lipinski definition) is 4. The summed E-state index contributed by atoms with van der Waals surface area (Å²) in [5.74, 6) is 1.08. The molecule has 1 rings (SSSR count). The van der Waals surface area contributed by atoms with Crippen LogP contribution in [0.3, 0.4) is 0 Å². The fraction of sp³-hybridized carbons (Fsp3) is 0.364. The molecule has 1 aromatic rings. The van der Waals surface area contributed by atoms with Gasteiger partial charge in [0, 0.05) is 11.5 Å². The van der Waals surface area contributed by atoms with Gasteiger partial charge in [0.1, 0.15) is 0 Å². The van der Waals surface area contributed by atoms with Crippen LogP contribution in [0.4, 0.5) is 0 Å². The molecule has 82 valence electrons. The summed E-state index contributed by atoms with van der Waals surface area (Å²) in [4.78, 5) is 11.4. The van der Waals surface area contributed by atoms with Gasteiger partial charge in [-0.2, -0.15) is 11.8 Å². The second-order valence-corrected chi connectivity index (χ2v) is 4.03. The third-order valence-corrected chi connectivity index (χ3v) is 2.90. The van der Waals surface area contributed by atoms with Crippen LogP contribution in [0, 0.1) is 0 Å². The summed E-state index contributed by atoms with van der Waals surface area (Å²) in [7, 11) is 1.37. The molecule has 0 fully saturated rings. The fourth-order valence-electron chi connectivity index (χ4n) is 1.20. The van der Waals surface area contributed by atoms with Gasteiger partial charge in [0.05, 0.1) is 19.3 Å². The van der Waals surface area contributed by atoms with Crippen LogP contribution in [0.1, 0.15) is 15.9 Å². The highest BCUT2D eigenvalue weighted by Gasteiger charge is 2.10. The molecule has 4 heteroatoms. The summed E-state index contributed by atoms with van der Waals surface area (Å²) >= 11 is 1.59. The standard InChI is InChI=1S/C11H14O3S/c1-14-11(13)10-5-3-2-4-9(10)8-15-7-6-12/h2-5,12H,6-8H2,1H3. The van der Waals surface area contributed by atoms with Crippen molar-refractivity contribution in [2.75, 3.05) is 19.5 Å². The maximum absolute atomic E-state index is 11.4. The molecule has 0 aliphatic heterocycles. The number of aliphatic hydroxyl groups is 1. The van der Waals surface area contributed by atoms with Gasteiger partial charge in [-0.3, -0.25) is 0 Å². The number of ether oxygens (including phenoxy) is 1. The minimum atomic E-state index is -0.310. The molecule has 0 aromatic heterocycles. The van der Waals surface area contributed by atoms with E-state index in [0.717, 1.165) is 5.56 Å². The van der Waals surface area contributed by atoms with Gasteiger partial charge in [0.15, 0.2) is 0 Å². The Morgan fingerprint density at radius 2 is 2.20 bits per heavy atom. The molecular weight excluding hydrogens is 212 g/mol. The van der Waals surface area contributed by atoms with Crippen LogP contribution in [0.15, 0.2) is 24.3 Å². The Morgan fingerprint density at radius 3 is 2.87 bits per heavy atom. The lowest BCUT2D eigenvalue weighted by atomic mass is 10.1. The Kier molecular flexibility index (Phi) is 5.21. The zero-order chi connectivity index (χ0) is 11.1. The minimum Gasteiger partial charge on any atom is -0.465 e.